The number of nitrogens with one attached hydrogen (secondary N) is 1. The lowest BCUT2D eigenvalue weighted by Gasteiger charge is -2.10. The Hall–Kier alpha value is -2.50. The zero-order valence-electron chi connectivity index (χ0n) is 13.4. The second-order valence-electron chi connectivity index (χ2n) is 5.50. The minimum atomic E-state index is -4.41. The molecule has 0 saturated heterocycles. The van der Waals surface area contributed by atoms with Crippen molar-refractivity contribution in [2.75, 3.05) is 13.2 Å². The molecule has 6 heteroatoms. The molecule has 2 rings (SSSR count). The van der Waals surface area contributed by atoms with Gasteiger partial charge in [-0.3, -0.25) is 4.79 Å². The number of halogens is 3. The number of benzene rings is 2. The third kappa shape index (κ3) is 5.01. The molecule has 3 nitrogen and oxygen atoms in total. The van der Waals surface area contributed by atoms with E-state index in [1.165, 1.54) is 0 Å². The SMILES string of the molecule is Cc1cc(C)cc(OCCNC(=O)c2ccc(C(F)(F)F)cc2)c1. The first-order valence-electron chi connectivity index (χ1n) is 7.42. The van der Waals surface area contributed by atoms with Crippen LogP contribution in [-0.4, -0.2) is 19.1 Å². The average molecular weight is 337 g/mol. The van der Waals surface area contributed by atoms with Crippen LogP contribution in [0.3, 0.4) is 0 Å². The summed E-state index contributed by atoms with van der Waals surface area (Å²) in [5.41, 5.74) is 1.56. The van der Waals surface area contributed by atoms with E-state index in [1.54, 1.807) is 0 Å². The summed E-state index contributed by atoms with van der Waals surface area (Å²) in [4.78, 5) is 11.9. The Morgan fingerprint density at radius 3 is 2.17 bits per heavy atom. The van der Waals surface area contributed by atoms with Crippen molar-refractivity contribution in [3.05, 3.63) is 64.7 Å². The van der Waals surface area contributed by atoms with Crippen molar-refractivity contribution in [3.63, 3.8) is 0 Å². The van der Waals surface area contributed by atoms with Crippen LogP contribution in [0, 0.1) is 13.8 Å². The molecule has 0 unspecified atom stereocenters. The lowest BCUT2D eigenvalue weighted by Crippen LogP contribution is -2.28. The summed E-state index contributed by atoms with van der Waals surface area (Å²) in [6, 6.07) is 9.91. The Kier molecular flexibility index (Phi) is 5.49. The second-order valence-corrected chi connectivity index (χ2v) is 5.50. The predicted molar refractivity (Wildman–Crippen MR) is 85.2 cm³/mol. The van der Waals surface area contributed by atoms with E-state index < -0.39 is 17.6 Å². The van der Waals surface area contributed by atoms with E-state index in [0.717, 1.165) is 41.1 Å². The standard InChI is InChI=1S/C18H18F3NO2/c1-12-9-13(2)11-16(10-12)24-8-7-22-17(23)14-3-5-15(6-4-14)18(19,20)21/h3-6,9-11H,7-8H2,1-2H3,(H,22,23). The van der Waals surface area contributed by atoms with E-state index in [4.69, 9.17) is 4.74 Å². The van der Waals surface area contributed by atoms with Gasteiger partial charge >= 0.3 is 6.18 Å². The highest BCUT2D eigenvalue weighted by Gasteiger charge is 2.30. The lowest BCUT2D eigenvalue weighted by molar-refractivity contribution is -0.137. The molecule has 0 atom stereocenters. The molecular weight excluding hydrogens is 319 g/mol. The van der Waals surface area contributed by atoms with E-state index in [-0.39, 0.29) is 18.7 Å². The Morgan fingerprint density at radius 2 is 1.62 bits per heavy atom. The molecule has 1 N–H and O–H groups in total. The summed E-state index contributed by atoms with van der Waals surface area (Å²) in [5, 5.41) is 2.61. The topological polar surface area (TPSA) is 38.3 Å². The van der Waals surface area contributed by atoms with Crippen LogP contribution in [0.15, 0.2) is 42.5 Å². The Labute approximate surface area is 138 Å². The fourth-order valence-electron chi connectivity index (χ4n) is 2.26. The predicted octanol–water partition coefficient (Wildman–Crippen LogP) is 4.13. The quantitative estimate of drug-likeness (QED) is 0.833. The maximum absolute atomic E-state index is 12.5. The summed E-state index contributed by atoms with van der Waals surface area (Å²) in [7, 11) is 0. The first kappa shape index (κ1) is 17.8. The molecule has 1 amide bonds. The van der Waals surface area contributed by atoms with Crippen molar-refractivity contribution >= 4 is 5.91 Å². The molecule has 0 bridgehead atoms. The fourth-order valence-corrected chi connectivity index (χ4v) is 2.26. The van der Waals surface area contributed by atoms with Gasteiger partial charge in [0.1, 0.15) is 12.4 Å². The van der Waals surface area contributed by atoms with Gasteiger partial charge in [-0.25, -0.2) is 0 Å². The number of hydrogen-bond donors (Lipinski definition) is 1. The zero-order chi connectivity index (χ0) is 17.7. The molecule has 0 aliphatic rings. The van der Waals surface area contributed by atoms with Crippen molar-refractivity contribution in [1.29, 1.82) is 0 Å². The summed E-state index contributed by atoms with van der Waals surface area (Å²) in [6.45, 7) is 4.46. The number of ether oxygens (including phenoxy) is 1. The van der Waals surface area contributed by atoms with Gasteiger partial charge in [0, 0.05) is 5.56 Å². The molecule has 128 valence electrons. The Bertz CT molecular complexity index is 689. The van der Waals surface area contributed by atoms with Gasteiger partial charge in [-0.05, 0) is 61.4 Å². The maximum atomic E-state index is 12.5. The van der Waals surface area contributed by atoms with Gasteiger partial charge in [-0.2, -0.15) is 13.2 Å². The first-order valence-corrected chi connectivity index (χ1v) is 7.42. The molecule has 2 aromatic rings. The highest BCUT2D eigenvalue weighted by Crippen LogP contribution is 2.29. The molecular formula is C18H18F3NO2. The molecule has 0 aromatic heterocycles. The summed E-state index contributed by atoms with van der Waals surface area (Å²) >= 11 is 0. The molecule has 0 radical (unpaired) electrons. The fraction of sp³-hybridized carbons (Fsp3) is 0.278. The van der Waals surface area contributed by atoms with Gasteiger partial charge in [0.05, 0.1) is 12.1 Å². The number of rotatable bonds is 5. The van der Waals surface area contributed by atoms with E-state index in [1.807, 2.05) is 32.0 Å². The van der Waals surface area contributed by atoms with Crippen molar-refractivity contribution in [1.82, 2.24) is 5.32 Å². The van der Waals surface area contributed by atoms with Crippen LogP contribution >= 0.6 is 0 Å². The van der Waals surface area contributed by atoms with Gasteiger partial charge in [-0.15, -0.1) is 0 Å². The number of amides is 1. The number of carbonyl (C=O) groups excluding carboxylic acids is 1. The van der Waals surface area contributed by atoms with Crippen LogP contribution in [0.5, 0.6) is 5.75 Å². The van der Waals surface area contributed by atoms with Gasteiger partial charge in [-0.1, -0.05) is 6.07 Å². The van der Waals surface area contributed by atoms with Crippen LogP contribution in [0.1, 0.15) is 27.0 Å². The number of aryl methyl sites for hydroxylation is 2. The van der Waals surface area contributed by atoms with Crippen molar-refractivity contribution in [2.45, 2.75) is 20.0 Å². The molecule has 0 fully saturated rings. The van der Waals surface area contributed by atoms with Crippen LogP contribution in [-0.2, 0) is 6.18 Å². The number of alkyl halides is 3. The molecule has 0 aliphatic carbocycles. The minimum absolute atomic E-state index is 0.175. The summed E-state index contributed by atoms with van der Waals surface area (Å²) in [6.07, 6.45) is -4.41. The number of carbonyl (C=O) groups is 1. The van der Waals surface area contributed by atoms with Crippen molar-refractivity contribution < 1.29 is 22.7 Å². The van der Waals surface area contributed by atoms with E-state index in [9.17, 15) is 18.0 Å². The second kappa shape index (κ2) is 7.38. The Balaban J connectivity index is 1.83. The lowest BCUT2D eigenvalue weighted by atomic mass is 10.1. The molecule has 24 heavy (non-hydrogen) atoms. The number of hydrogen-bond acceptors (Lipinski definition) is 2. The van der Waals surface area contributed by atoms with Gasteiger partial charge in [0.2, 0.25) is 0 Å². The first-order chi connectivity index (χ1) is 11.3. The minimum Gasteiger partial charge on any atom is -0.492 e. The van der Waals surface area contributed by atoms with Crippen LogP contribution < -0.4 is 10.1 Å². The molecule has 0 heterocycles. The highest BCUT2D eigenvalue weighted by molar-refractivity contribution is 5.94. The smallest absolute Gasteiger partial charge is 0.416 e. The zero-order valence-corrected chi connectivity index (χ0v) is 13.4. The van der Waals surface area contributed by atoms with Crippen LogP contribution in [0.2, 0.25) is 0 Å². The molecule has 2 aromatic carbocycles. The van der Waals surface area contributed by atoms with Crippen LogP contribution in [0.25, 0.3) is 0 Å². The molecule has 0 spiro atoms. The summed E-state index contributed by atoms with van der Waals surface area (Å²) in [5.74, 6) is 0.282. The largest absolute Gasteiger partial charge is 0.492 e. The average Bonchev–Trinajstić information content (AvgIpc) is 2.50. The van der Waals surface area contributed by atoms with Crippen molar-refractivity contribution in [3.8, 4) is 5.75 Å². The Morgan fingerprint density at radius 1 is 1.04 bits per heavy atom. The van der Waals surface area contributed by atoms with E-state index >= 15 is 0 Å². The monoisotopic (exact) mass is 337 g/mol. The van der Waals surface area contributed by atoms with Gasteiger partial charge in [0.15, 0.2) is 0 Å². The molecule has 0 saturated carbocycles. The third-order valence-corrected chi connectivity index (χ3v) is 3.33. The maximum Gasteiger partial charge on any atom is 0.416 e. The normalized spacial score (nSPS) is 11.2. The highest BCUT2D eigenvalue weighted by atomic mass is 19.4. The van der Waals surface area contributed by atoms with Crippen molar-refractivity contribution in [2.24, 2.45) is 0 Å². The third-order valence-electron chi connectivity index (χ3n) is 3.33. The van der Waals surface area contributed by atoms with E-state index in [2.05, 4.69) is 5.32 Å². The van der Waals surface area contributed by atoms with E-state index in [0.29, 0.717) is 0 Å². The van der Waals surface area contributed by atoms with Gasteiger partial charge < -0.3 is 10.1 Å². The van der Waals surface area contributed by atoms with Gasteiger partial charge in [0.25, 0.3) is 5.91 Å². The summed E-state index contributed by atoms with van der Waals surface area (Å²) < 4.78 is 43.0. The van der Waals surface area contributed by atoms with Crippen LogP contribution in [0.4, 0.5) is 13.2 Å². The molecule has 0 aliphatic heterocycles.